The summed E-state index contributed by atoms with van der Waals surface area (Å²) in [5.41, 5.74) is -0.702. The van der Waals surface area contributed by atoms with E-state index >= 15 is 0 Å². The van der Waals surface area contributed by atoms with Crippen LogP contribution in [0, 0.1) is 15.9 Å². The predicted octanol–water partition coefficient (Wildman–Crippen LogP) is 1.58. The van der Waals surface area contributed by atoms with E-state index in [1.807, 2.05) is 0 Å². The van der Waals surface area contributed by atoms with Crippen LogP contribution in [0.15, 0.2) is 18.2 Å². The molecule has 110 valence electrons. The third kappa shape index (κ3) is 5.14. The first-order valence-corrected chi connectivity index (χ1v) is 7.12. The fourth-order valence-corrected chi connectivity index (χ4v) is 2.23. The quantitative estimate of drug-likeness (QED) is 0.432. The second-order valence-electron chi connectivity index (χ2n) is 3.86. The Labute approximate surface area is 119 Å². The van der Waals surface area contributed by atoms with Crippen LogP contribution in [0.25, 0.3) is 0 Å². The smallest absolute Gasteiger partial charge is 0.282 e. The number of benzene rings is 1. The summed E-state index contributed by atoms with van der Waals surface area (Å²) in [5, 5.41) is 21.9. The highest BCUT2D eigenvalue weighted by Crippen LogP contribution is 2.19. The Morgan fingerprint density at radius 2 is 2.20 bits per heavy atom. The number of rotatable bonds is 8. The number of nitro benzene ring substituents is 1. The Morgan fingerprint density at radius 1 is 1.45 bits per heavy atom. The lowest BCUT2D eigenvalue weighted by Crippen LogP contribution is -2.26. The molecular weight excluding hydrogens is 287 g/mol. The van der Waals surface area contributed by atoms with Crippen molar-refractivity contribution < 1.29 is 19.2 Å². The van der Waals surface area contributed by atoms with Gasteiger partial charge in [0.2, 0.25) is 0 Å². The van der Waals surface area contributed by atoms with Gasteiger partial charge in [-0.25, -0.2) is 4.39 Å². The molecule has 0 spiro atoms. The van der Waals surface area contributed by atoms with Crippen molar-refractivity contribution in [2.75, 3.05) is 24.7 Å². The second-order valence-corrected chi connectivity index (χ2v) is 5.09. The number of carbonyl (C=O) groups is 1. The van der Waals surface area contributed by atoms with E-state index in [0.29, 0.717) is 18.7 Å². The fraction of sp³-hybridized carbons (Fsp3) is 0.417. The zero-order valence-electron chi connectivity index (χ0n) is 10.7. The summed E-state index contributed by atoms with van der Waals surface area (Å²) in [6.45, 7) is 0.442. The Hall–Kier alpha value is -1.67. The molecule has 2 N–H and O–H groups in total. The van der Waals surface area contributed by atoms with Crippen molar-refractivity contribution in [3.8, 4) is 0 Å². The molecule has 0 heterocycles. The van der Waals surface area contributed by atoms with Gasteiger partial charge in [-0.15, -0.1) is 0 Å². The lowest BCUT2D eigenvalue weighted by Gasteiger charge is -2.06. The SMILES string of the molecule is O=C(NCCSCCCO)c1cc(F)ccc1[N+](=O)[O-]. The molecule has 0 saturated heterocycles. The van der Waals surface area contributed by atoms with Crippen molar-refractivity contribution in [1.82, 2.24) is 5.32 Å². The highest BCUT2D eigenvalue weighted by atomic mass is 32.2. The first-order valence-electron chi connectivity index (χ1n) is 5.97. The number of nitrogens with one attached hydrogen (secondary N) is 1. The minimum atomic E-state index is -0.718. The minimum absolute atomic E-state index is 0.120. The molecule has 0 atom stereocenters. The van der Waals surface area contributed by atoms with Gasteiger partial charge < -0.3 is 10.4 Å². The van der Waals surface area contributed by atoms with E-state index < -0.39 is 22.3 Å². The van der Waals surface area contributed by atoms with E-state index in [1.165, 1.54) is 0 Å². The number of hydrogen-bond donors (Lipinski definition) is 2. The lowest BCUT2D eigenvalue weighted by atomic mass is 10.1. The van der Waals surface area contributed by atoms with Gasteiger partial charge >= 0.3 is 0 Å². The van der Waals surface area contributed by atoms with Crippen molar-refractivity contribution >= 4 is 23.4 Å². The van der Waals surface area contributed by atoms with E-state index in [-0.39, 0.29) is 12.2 Å². The fourth-order valence-electron chi connectivity index (χ4n) is 1.45. The monoisotopic (exact) mass is 302 g/mol. The molecule has 0 aliphatic carbocycles. The molecule has 8 heteroatoms. The van der Waals surface area contributed by atoms with Gasteiger partial charge in [-0.1, -0.05) is 0 Å². The van der Waals surface area contributed by atoms with Crippen LogP contribution in [0.5, 0.6) is 0 Å². The van der Waals surface area contributed by atoms with Crippen molar-refractivity contribution in [2.24, 2.45) is 0 Å². The molecule has 0 radical (unpaired) electrons. The summed E-state index contributed by atoms with van der Waals surface area (Å²) in [7, 11) is 0. The molecule has 1 amide bonds. The van der Waals surface area contributed by atoms with Crippen LogP contribution in [0.1, 0.15) is 16.8 Å². The van der Waals surface area contributed by atoms with Crippen molar-refractivity contribution in [3.63, 3.8) is 0 Å². The Morgan fingerprint density at radius 3 is 2.85 bits per heavy atom. The van der Waals surface area contributed by atoms with Crippen LogP contribution >= 0.6 is 11.8 Å². The van der Waals surface area contributed by atoms with Crippen molar-refractivity contribution in [1.29, 1.82) is 0 Å². The number of aliphatic hydroxyl groups excluding tert-OH is 1. The van der Waals surface area contributed by atoms with Gasteiger partial charge in [0.1, 0.15) is 11.4 Å². The van der Waals surface area contributed by atoms with E-state index in [1.54, 1.807) is 11.8 Å². The van der Waals surface area contributed by atoms with Crippen LogP contribution in [0.2, 0.25) is 0 Å². The maximum absolute atomic E-state index is 13.1. The Balaban J connectivity index is 2.54. The largest absolute Gasteiger partial charge is 0.396 e. The standard InChI is InChI=1S/C12H15FN2O4S/c13-9-2-3-11(15(18)19)10(8-9)12(17)14-4-7-20-6-1-5-16/h2-3,8,16H,1,4-7H2,(H,14,17). The number of carbonyl (C=O) groups excluding carboxylic acids is 1. The number of aliphatic hydroxyl groups is 1. The summed E-state index contributed by atoms with van der Waals surface area (Å²) in [6, 6.07) is 2.77. The van der Waals surface area contributed by atoms with Gasteiger partial charge in [0, 0.05) is 25.0 Å². The van der Waals surface area contributed by atoms with Gasteiger partial charge in [-0.05, 0) is 24.3 Å². The number of nitrogens with zero attached hydrogens (tertiary/aromatic N) is 1. The number of hydrogen-bond acceptors (Lipinski definition) is 5. The van der Waals surface area contributed by atoms with Gasteiger partial charge in [-0.3, -0.25) is 14.9 Å². The van der Waals surface area contributed by atoms with Crippen LogP contribution in [0.3, 0.4) is 0 Å². The van der Waals surface area contributed by atoms with Crippen LogP contribution in [-0.2, 0) is 0 Å². The Bertz CT molecular complexity index is 485. The zero-order chi connectivity index (χ0) is 15.0. The molecule has 20 heavy (non-hydrogen) atoms. The summed E-state index contributed by atoms with van der Waals surface area (Å²) in [6.07, 6.45) is 0.675. The molecule has 1 aromatic carbocycles. The first-order chi connectivity index (χ1) is 9.56. The molecule has 0 unspecified atom stereocenters. The lowest BCUT2D eigenvalue weighted by molar-refractivity contribution is -0.385. The summed E-state index contributed by atoms with van der Waals surface area (Å²) in [4.78, 5) is 21.8. The topological polar surface area (TPSA) is 92.5 Å². The molecule has 0 fully saturated rings. The molecule has 1 aromatic rings. The maximum Gasteiger partial charge on any atom is 0.282 e. The summed E-state index contributed by atoms with van der Waals surface area (Å²) >= 11 is 1.55. The highest BCUT2D eigenvalue weighted by Gasteiger charge is 2.20. The number of nitro groups is 1. The molecule has 6 nitrogen and oxygen atoms in total. The van der Waals surface area contributed by atoms with Crippen molar-refractivity contribution in [2.45, 2.75) is 6.42 Å². The zero-order valence-corrected chi connectivity index (χ0v) is 11.5. The predicted molar refractivity (Wildman–Crippen MR) is 74.4 cm³/mol. The molecule has 0 aromatic heterocycles. The van der Waals surface area contributed by atoms with E-state index in [4.69, 9.17) is 5.11 Å². The van der Waals surface area contributed by atoms with Gasteiger partial charge in [0.05, 0.1) is 4.92 Å². The number of thioether (sulfide) groups is 1. The average molecular weight is 302 g/mol. The molecule has 1 rings (SSSR count). The average Bonchev–Trinajstić information content (AvgIpc) is 2.42. The first kappa shape index (κ1) is 16.4. The number of halogens is 1. The van der Waals surface area contributed by atoms with Crippen molar-refractivity contribution in [3.05, 3.63) is 39.7 Å². The molecule has 0 bridgehead atoms. The second kappa shape index (κ2) is 8.49. The van der Waals surface area contributed by atoms with E-state index in [0.717, 1.165) is 24.0 Å². The summed E-state index contributed by atoms with van der Waals surface area (Å²) in [5.74, 6) is 0.0264. The third-order valence-corrected chi connectivity index (χ3v) is 3.45. The van der Waals surface area contributed by atoms with Gasteiger partial charge in [-0.2, -0.15) is 11.8 Å². The van der Waals surface area contributed by atoms with Gasteiger partial charge in [0.25, 0.3) is 11.6 Å². The highest BCUT2D eigenvalue weighted by molar-refractivity contribution is 7.99. The van der Waals surface area contributed by atoms with Crippen LogP contribution in [-0.4, -0.2) is 40.6 Å². The number of amides is 1. The van der Waals surface area contributed by atoms with E-state index in [9.17, 15) is 19.3 Å². The van der Waals surface area contributed by atoms with Crippen LogP contribution in [0.4, 0.5) is 10.1 Å². The van der Waals surface area contributed by atoms with Crippen LogP contribution < -0.4 is 5.32 Å². The Kier molecular flexibility index (Phi) is 6.96. The molecule has 0 saturated carbocycles. The third-order valence-electron chi connectivity index (χ3n) is 2.38. The normalized spacial score (nSPS) is 10.3. The molecular formula is C12H15FN2O4S. The molecule has 0 aliphatic heterocycles. The molecule has 0 aliphatic rings. The minimum Gasteiger partial charge on any atom is -0.396 e. The van der Waals surface area contributed by atoms with Gasteiger partial charge in [0.15, 0.2) is 0 Å². The summed E-state index contributed by atoms with van der Waals surface area (Å²) < 4.78 is 13.1. The maximum atomic E-state index is 13.1. The van der Waals surface area contributed by atoms with E-state index in [2.05, 4.69) is 5.32 Å².